The highest BCUT2D eigenvalue weighted by molar-refractivity contribution is 5.70. The van der Waals surface area contributed by atoms with Crippen LogP contribution < -0.4 is 5.32 Å². The summed E-state index contributed by atoms with van der Waals surface area (Å²) < 4.78 is 0. The summed E-state index contributed by atoms with van der Waals surface area (Å²) in [5.41, 5.74) is 1.06. The van der Waals surface area contributed by atoms with Gasteiger partial charge in [0.15, 0.2) is 0 Å². The SMILES string of the molecule is Cc1cccc([N+](=O)[O-])c1NC(C)CC(=O)O. The molecule has 92 valence electrons. The Morgan fingerprint density at radius 3 is 2.76 bits per heavy atom. The lowest BCUT2D eigenvalue weighted by Gasteiger charge is -2.15. The predicted molar refractivity (Wildman–Crippen MR) is 63.2 cm³/mol. The molecule has 1 atom stereocenters. The first-order valence-corrected chi connectivity index (χ1v) is 5.14. The van der Waals surface area contributed by atoms with E-state index in [1.807, 2.05) is 0 Å². The summed E-state index contributed by atoms with van der Waals surface area (Å²) in [6.07, 6.45) is -0.0918. The number of nitrogens with one attached hydrogen (secondary N) is 1. The number of carbonyl (C=O) groups is 1. The van der Waals surface area contributed by atoms with Gasteiger partial charge in [-0.05, 0) is 19.4 Å². The van der Waals surface area contributed by atoms with Gasteiger partial charge in [0, 0.05) is 12.1 Å². The number of hydrogen-bond acceptors (Lipinski definition) is 4. The van der Waals surface area contributed by atoms with Gasteiger partial charge in [-0.3, -0.25) is 14.9 Å². The highest BCUT2D eigenvalue weighted by Gasteiger charge is 2.18. The van der Waals surface area contributed by atoms with Crippen molar-refractivity contribution in [1.29, 1.82) is 0 Å². The van der Waals surface area contributed by atoms with Gasteiger partial charge in [0.2, 0.25) is 0 Å². The molecule has 0 bridgehead atoms. The van der Waals surface area contributed by atoms with Gasteiger partial charge in [-0.2, -0.15) is 0 Å². The summed E-state index contributed by atoms with van der Waals surface area (Å²) in [5, 5.41) is 22.3. The zero-order valence-corrected chi connectivity index (χ0v) is 9.64. The fraction of sp³-hybridized carbons (Fsp3) is 0.364. The Hall–Kier alpha value is -2.11. The molecule has 0 radical (unpaired) electrons. The number of nitrogens with zero attached hydrogens (tertiary/aromatic N) is 1. The quantitative estimate of drug-likeness (QED) is 0.605. The van der Waals surface area contributed by atoms with Gasteiger partial charge >= 0.3 is 5.97 Å². The number of carboxylic acid groups (broad SMARTS) is 1. The van der Waals surface area contributed by atoms with Gasteiger partial charge in [0.05, 0.1) is 11.3 Å². The molecule has 0 amide bonds. The third-order valence-corrected chi connectivity index (χ3v) is 2.32. The Bertz CT molecular complexity index is 445. The number of aryl methyl sites for hydroxylation is 1. The molecule has 6 nitrogen and oxygen atoms in total. The lowest BCUT2D eigenvalue weighted by molar-refractivity contribution is -0.384. The van der Waals surface area contributed by atoms with E-state index in [1.165, 1.54) is 6.07 Å². The molecule has 0 saturated heterocycles. The largest absolute Gasteiger partial charge is 0.481 e. The van der Waals surface area contributed by atoms with Crippen LogP contribution in [0.25, 0.3) is 0 Å². The smallest absolute Gasteiger partial charge is 0.305 e. The Labute approximate surface area is 98.4 Å². The van der Waals surface area contributed by atoms with Gasteiger partial charge < -0.3 is 10.4 Å². The normalized spacial score (nSPS) is 11.9. The summed E-state index contributed by atoms with van der Waals surface area (Å²) in [5.74, 6) is -0.943. The molecule has 2 N–H and O–H groups in total. The first-order chi connectivity index (χ1) is 7.91. The van der Waals surface area contributed by atoms with Crippen LogP contribution >= 0.6 is 0 Å². The first kappa shape index (κ1) is 13.0. The average molecular weight is 238 g/mol. The number of nitro groups is 1. The number of anilines is 1. The Morgan fingerprint density at radius 1 is 1.59 bits per heavy atom. The minimum atomic E-state index is -0.943. The minimum Gasteiger partial charge on any atom is -0.481 e. The minimum absolute atomic E-state index is 0.0396. The van der Waals surface area contributed by atoms with E-state index in [1.54, 1.807) is 26.0 Å². The van der Waals surface area contributed by atoms with Crippen molar-refractivity contribution in [1.82, 2.24) is 0 Å². The topological polar surface area (TPSA) is 92.5 Å². The van der Waals surface area contributed by atoms with Crippen LogP contribution in [0.4, 0.5) is 11.4 Å². The van der Waals surface area contributed by atoms with Crippen molar-refractivity contribution in [2.45, 2.75) is 26.3 Å². The Kier molecular flexibility index (Phi) is 4.03. The van der Waals surface area contributed by atoms with E-state index in [-0.39, 0.29) is 18.2 Å². The highest BCUT2D eigenvalue weighted by Crippen LogP contribution is 2.28. The molecular formula is C11H14N2O4. The molecule has 0 aliphatic heterocycles. The summed E-state index contributed by atoms with van der Waals surface area (Å²) in [7, 11) is 0. The molecule has 0 saturated carbocycles. The Balaban J connectivity index is 2.96. The second-order valence-corrected chi connectivity index (χ2v) is 3.87. The van der Waals surface area contributed by atoms with Gasteiger partial charge in [0.1, 0.15) is 5.69 Å². The monoisotopic (exact) mass is 238 g/mol. The third kappa shape index (κ3) is 3.44. The van der Waals surface area contributed by atoms with E-state index >= 15 is 0 Å². The summed E-state index contributed by atoms with van der Waals surface area (Å²) in [6, 6.07) is 4.36. The number of aliphatic carboxylic acids is 1. The predicted octanol–water partition coefficient (Wildman–Crippen LogP) is 2.18. The van der Waals surface area contributed by atoms with Crippen molar-refractivity contribution in [3.8, 4) is 0 Å². The lowest BCUT2D eigenvalue weighted by atomic mass is 10.1. The fourth-order valence-electron chi connectivity index (χ4n) is 1.55. The molecule has 0 aliphatic carbocycles. The second-order valence-electron chi connectivity index (χ2n) is 3.87. The van der Waals surface area contributed by atoms with E-state index in [0.29, 0.717) is 5.69 Å². The van der Waals surface area contributed by atoms with E-state index in [0.717, 1.165) is 5.56 Å². The van der Waals surface area contributed by atoms with Crippen LogP contribution in [0, 0.1) is 17.0 Å². The van der Waals surface area contributed by atoms with Crippen LogP contribution in [-0.2, 0) is 4.79 Å². The maximum Gasteiger partial charge on any atom is 0.305 e. The molecular weight excluding hydrogens is 224 g/mol. The van der Waals surface area contributed by atoms with Crippen molar-refractivity contribution < 1.29 is 14.8 Å². The van der Waals surface area contributed by atoms with Gasteiger partial charge in [-0.15, -0.1) is 0 Å². The van der Waals surface area contributed by atoms with Crippen LogP contribution in [-0.4, -0.2) is 22.0 Å². The van der Waals surface area contributed by atoms with Crippen molar-refractivity contribution in [2.24, 2.45) is 0 Å². The van der Waals surface area contributed by atoms with Crippen molar-refractivity contribution >= 4 is 17.3 Å². The number of carboxylic acids is 1. The third-order valence-electron chi connectivity index (χ3n) is 2.32. The van der Waals surface area contributed by atoms with Crippen molar-refractivity contribution in [2.75, 3.05) is 5.32 Å². The number of rotatable bonds is 5. The molecule has 0 spiro atoms. The Morgan fingerprint density at radius 2 is 2.24 bits per heavy atom. The maximum atomic E-state index is 10.8. The first-order valence-electron chi connectivity index (χ1n) is 5.14. The second kappa shape index (κ2) is 5.29. The molecule has 1 rings (SSSR count). The summed E-state index contributed by atoms with van der Waals surface area (Å²) in [6.45, 7) is 3.41. The maximum absolute atomic E-state index is 10.8. The molecule has 0 aliphatic rings. The molecule has 0 heterocycles. The zero-order chi connectivity index (χ0) is 13.0. The van der Waals surface area contributed by atoms with Gasteiger partial charge in [-0.1, -0.05) is 12.1 Å². The van der Waals surface area contributed by atoms with Crippen LogP contribution in [0.2, 0.25) is 0 Å². The number of hydrogen-bond donors (Lipinski definition) is 2. The fourth-order valence-corrected chi connectivity index (χ4v) is 1.55. The van der Waals surface area contributed by atoms with Crippen LogP contribution in [0.1, 0.15) is 18.9 Å². The number of para-hydroxylation sites is 1. The zero-order valence-electron chi connectivity index (χ0n) is 9.64. The van der Waals surface area contributed by atoms with Gasteiger partial charge in [-0.25, -0.2) is 0 Å². The highest BCUT2D eigenvalue weighted by atomic mass is 16.6. The molecule has 0 aromatic heterocycles. The van der Waals surface area contributed by atoms with Crippen LogP contribution in [0.15, 0.2) is 18.2 Å². The molecule has 1 aromatic carbocycles. The average Bonchev–Trinajstić information content (AvgIpc) is 2.19. The lowest BCUT2D eigenvalue weighted by Crippen LogP contribution is -2.20. The molecule has 1 aromatic rings. The van der Waals surface area contributed by atoms with E-state index in [9.17, 15) is 14.9 Å². The number of benzene rings is 1. The van der Waals surface area contributed by atoms with Crippen molar-refractivity contribution in [3.05, 3.63) is 33.9 Å². The number of nitro benzene ring substituents is 1. The van der Waals surface area contributed by atoms with Crippen molar-refractivity contribution in [3.63, 3.8) is 0 Å². The van der Waals surface area contributed by atoms with Crippen LogP contribution in [0.5, 0.6) is 0 Å². The molecule has 17 heavy (non-hydrogen) atoms. The van der Waals surface area contributed by atoms with E-state index in [4.69, 9.17) is 5.11 Å². The van der Waals surface area contributed by atoms with Crippen LogP contribution in [0.3, 0.4) is 0 Å². The van der Waals surface area contributed by atoms with Gasteiger partial charge in [0.25, 0.3) is 5.69 Å². The van der Waals surface area contributed by atoms with E-state index in [2.05, 4.69) is 5.32 Å². The summed E-state index contributed by atoms with van der Waals surface area (Å²) in [4.78, 5) is 20.9. The standard InChI is InChI=1S/C11H14N2O4/c1-7-4-3-5-9(13(16)17)11(7)12-8(2)6-10(14)15/h3-5,8,12H,6H2,1-2H3,(H,14,15). The van der Waals surface area contributed by atoms with E-state index < -0.39 is 10.9 Å². The summed E-state index contributed by atoms with van der Waals surface area (Å²) >= 11 is 0. The molecule has 0 fully saturated rings. The molecule has 6 heteroatoms. The molecule has 1 unspecified atom stereocenters.